The van der Waals surface area contributed by atoms with E-state index in [2.05, 4.69) is 5.43 Å². The summed E-state index contributed by atoms with van der Waals surface area (Å²) >= 11 is 5.72. The lowest BCUT2D eigenvalue weighted by atomic mass is 10.3. The van der Waals surface area contributed by atoms with Gasteiger partial charge in [-0.15, -0.1) is 0 Å². The van der Waals surface area contributed by atoms with Crippen LogP contribution in [-0.2, 0) is 0 Å². The van der Waals surface area contributed by atoms with Crippen LogP contribution in [0.3, 0.4) is 0 Å². The van der Waals surface area contributed by atoms with Crippen LogP contribution in [0.1, 0.15) is 0 Å². The maximum absolute atomic E-state index is 11.3. The van der Waals surface area contributed by atoms with Crippen LogP contribution in [0.5, 0.6) is 5.75 Å². The minimum Gasteiger partial charge on any atom is -0.409 e. The molecule has 1 aromatic carbocycles. The Bertz CT molecular complexity index is 330. The highest BCUT2D eigenvalue weighted by Gasteiger charge is 2.08. The fourth-order valence-corrected chi connectivity index (χ4v) is 0.971. The predicted molar refractivity (Wildman–Crippen MR) is 54.3 cm³/mol. The summed E-state index contributed by atoms with van der Waals surface area (Å²) in [5.41, 5.74) is 2.63. The van der Waals surface area contributed by atoms with Crippen LogP contribution in [0.15, 0.2) is 24.3 Å². The number of carbonyl (C=O) groups is 1. The molecule has 1 rings (SSSR count). The van der Waals surface area contributed by atoms with E-state index < -0.39 is 6.09 Å². The standard InChI is InChI=1S/C9H11ClN2O2/c1-11-12(2)9(13)14-8-5-3-4-7(10)6-8/h3-6,11H,1-2H3. The van der Waals surface area contributed by atoms with Gasteiger partial charge in [-0.1, -0.05) is 17.7 Å². The maximum Gasteiger partial charge on any atom is 0.429 e. The van der Waals surface area contributed by atoms with Gasteiger partial charge in [0, 0.05) is 19.1 Å². The summed E-state index contributed by atoms with van der Waals surface area (Å²) in [5, 5.41) is 1.75. The molecule has 76 valence electrons. The Morgan fingerprint density at radius 2 is 2.29 bits per heavy atom. The molecule has 4 nitrogen and oxygen atoms in total. The van der Waals surface area contributed by atoms with Crippen molar-refractivity contribution >= 4 is 17.7 Å². The number of carbonyl (C=O) groups excluding carboxylic acids is 1. The van der Waals surface area contributed by atoms with Crippen molar-refractivity contribution in [1.29, 1.82) is 0 Å². The summed E-state index contributed by atoms with van der Waals surface area (Å²) in [6.07, 6.45) is -0.491. The molecule has 14 heavy (non-hydrogen) atoms. The number of halogens is 1. The van der Waals surface area contributed by atoms with Crippen molar-refractivity contribution in [2.45, 2.75) is 0 Å². The van der Waals surface area contributed by atoms with E-state index in [-0.39, 0.29) is 0 Å². The lowest BCUT2D eigenvalue weighted by Crippen LogP contribution is -2.38. The molecule has 0 atom stereocenters. The summed E-state index contributed by atoms with van der Waals surface area (Å²) in [6.45, 7) is 0. The zero-order chi connectivity index (χ0) is 10.6. The lowest BCUT2D eigenvalue weighted by molar-refractivity contribution is 0.147. The first-order chi connectivity index (χ1) is 6.63. The van der Waals surface area contributed by atoms with E-state index in [0.717, 1.165) is 0 Å². The second-order valence-corrected chi connectivity index (χ2v) is 3.04. The highest BCUT2D eigenvalue weighted by Crippen LogP contribution is 2.17. The van der Waals surface area contributed by atoms with Gasteiger partial charge in [-0.3, -0.25) is 0 Å². The molecule has 0 saturated carbocycles. The van der Waals surface area contributed by atoms with Crippen molar-refractivity contribution in [2.24, 2.45) is 0 Å². The van der Waals surface area contributed by atoms with E-state index in [0.29, 0.717) is 10.8 Å². The molecule has 0 saturated heterocycles. The molecule has 0 spiro atoms. The Balaban J connectivity index is 2.65. The Morgan fingerprint density at radius 1 is 1.57 bits per heavy atom. The smallest absolute Gasteiger partial charge is 0.409 e. The number of rotatable bonds is 2. The van der Waals surface area contributed by atoms with E-state index in [9.17, 15) is 4.79 Å². The molecule has 0 aromatic heterocycles. The SMILES string of the molecule is CNN(C)C(=O)Oc1cccc(Cl)c1. The van der Waals surface area contributed by atoms with Gasteiger partial charge in [-0.05, 0) is 18.2 Å². The van der Waals surface area contributed by atoms with Crippen molar-refractivity contribution < 1.29 is 9.53 Å². The summed E-state index contributed by atoms with van der Waals surface area (Å²) in [6, 6.07) is 6.65. The first kappa shape index (κ1) is 10.8. The van der Waals surface area contributed by atoms with E-state index in [1.54, 1.807) is 38.4 Å². The number of amides is 1. The lowest BCUT2D eigenvalue weighted by Gasteiger charge is -2.14. The molecular formula is C9H11ClN2O2. The molecule has 0 radical (unpaired) electrons. The third-order valence-corrected chi connectivity index (χ3v) is 1.85. The average molecular weight is 215 g/mol. The molecule has 0 aliphatic carbocycles. The van der Waals surface area contributed by atoms with Gasteiger partial charge in [-0.25, -0.2) is 15.2 Å². The number of hydrazine groups is 1. The number of nitrogens with zero attached hydrogens (tertiary/aromatic N) is 1. The van der Waals surface area contributed by atoms with Crippen molar-refractivity contribution in [3.8, 4) is 5.75 Å². The van der Waals surface area contributed by atoms with Gasteiger partial charge in [0.2, 0.25) is 0 Å². The zero-order valence-electron chi connectivity index (χ0n) is 7.95. The van der Waals surface area contributed by atoms with Gasteiger partial charge in [0.15, 0.2) is 0 Å². The van der Waals surface area contributed by atoms with Crippen molar-refractivity contribution in [1.82, 2.24) is 10.4 Å². The fourth-order valence-electron chi connectivity index (χ4n) is 0.791. The number of hydrogen-bond acceptors (Lipinski definition) is 3. The minimum absolute atomic E-state index is 0.421. The zero-order valence-corrected chi connectivity index (χ0v) is 8.71. The van der Waals surface area contributed by atoms with Gasteiger partial charge in [0.1, 0.15) is 5.75 Å². The van der Waals surface area contributed by atoms with Crippen LogP contribution < -0.4 is 10.2 Å². The van der Waals surface area contributed by atoms with Crippen LogP contribution in [0, 0.1) is 0 Å². The minimum atomic E-state index is -0.491. The summed E-state index contributed by atoms with van der Waals surface area (Å²) in [4.78, 5) is 11.3. The first-order valence-corrected chi connectivity index (χ1v) is 4.40. The topological polar surface area (TPSA) is 41.6 Å². The van der Waals surface area contributed by atoms with E-state index in [4.69, 9.17) is 16.3 Å². The van der Waals surface area contributed by atoms with Crippen LogP contribution in [0.4, 0.5) is 4.79 Å². The van der Waals surface area contributed by atoms with Gasteiger partial charge in [0.25, 0.3) is 0 Å². The third-order valence-electron chi connectivity index (χ3n) is 1.61. The van der Waals surface area contributed by atoms with Crippen molar-refractivity contribution in [3.63, 3.8) is 0 Å². The number of hydrogen-bond donors (Lipinski definition) is 1. The monoisotopic (exact) mass is 214 g/mol. The number of nitrogens with one attached hydrogen (secondary N) is 1. The molecule has 0 unspecified atom stereocenters. The van der Waals surface area contributed by atoms with Crippen molar-refractivity contribution in [2.75, 3.05) is 14.1 Å². The molecule has 1 amide bonds. The van der Waals surface area contributed by atoms with Gasteiger partial charge < -0.3 is 4.74 Å². The molecule has 1 N–H and O–H groups in total. The largest absolute Gasteiger partial charge is 0.429 e. The molecule has 1 aromatic rings. The second-order valence-electron chi connectivity index (χ2n) is 2.61. The third kappa shape index (κ3) is 2.90. The van der Waals surface area contributed by atoms with E-state index in [1.165, 1.54) is 5.01 Å². The Kier molecular flexibility index (Phi) is 3.73. The Hall–Kier alpha value is -1.26. The van der Waals surface area contributed by atoms with Gasteiger partial charge in [0.05, 0.1) is 0 Å². The van der Waals surface area contributed by atoms with Gasteiger partial charge in [-0.2, -0.15) is 0 Å². The fraction of sp³-hybridized carbons (Fsp3) is 0.222. The molecule has 0 bridgehead atoms. The average Bonchev–Trinajstić information content (AvgIpc) is 2.16. The first-order valence-electron chi connectivity index (χ1n) is 4.02. The summed E-state index contributed by atoms with van der Waals surface area (Å²) < 4.78 is 4.99. The van der Waals surface area contributed by atoms with Crippen LogP contribution in [-0.4, -0.2) is 25.2 Å². The number of ether oxygens (including phenoxy) is 1. The molecular weight excluding hydrogens is 204 g/mol. The summed E-state index contributed by atoms with van der Waals surface area (Å²) in [5.74, 6) is 0.421. The molecule has 0 aliphatic rings. The molecule has 0 aliphatic heterocycles. The van der Waals surface area contributed by atoms with E-state index >= 15 is 0 Å². The van der Waals surface area contributed by atoms with Crippen LogP contribution in [0.2, 0.25) is 5.02 Å². The highest BCUT2D eigenvalue weighted by atomic mass is 35.5. The normalized spacial score (nSPS) is 9.64. The van der Waals surface area contributed by atoms with Gasteiger partial charge >= 0.3 is 6.09 Å². The summed E-state index contributed by atoms with van der Waals surface area (Å²) in [7, 11) is 3.19. The molecule has 0 fully saturated rings. The second kappa shape index (κ2) is 4.83. The van der Waals surface area contributed by atoms with Crippen LogP contribution >= 0.6 is 11.6 Å². The quantitative estimate of drug-likeness (QED) is 0.765. The Labute approximate surface area is 87.4 Å². The highest BCUT2D eigenvalue weighted by molar-refractivity contribution is 6.30. The van der Waals surface area contributed by atoms with Crippen LogP contribution in [0.25, 0.3) is 0 Å². The van der Waals surface area contributed by atoms with E-state index in [1.807, 2.05) is 0 Å². The predicted octanol–water partition coefficient (Wildman–Crippen LogP) is 1.91. The maximum atomic E-state index is 11.3. The number of benzene rings is 1. The molecule has 5 heteroatoms. The molecule has 0 heterocycles. The van der Waals surface area contributed by atoms with Crippen molar-refractivity contribution in [3.05, 3.63) is 29.3 Å². The Morgan fingerprint density at radius 3 is 2.86 bits per heavy atom.